The fourth-order valence-corrected chi connectivity index (χ4v) is 2.19. The molecule has 2 heterocycles. The lowest BCUT2D eigenvalue weighted by Gasteiger charge is -2.12. The number of anilines is 1. The van der Waals surface area contributed by atoms with Gasteiger partial charge < -0.3 is 10.1 Å². The van der Waals surface area contributed by atoms with Gasteiger partial charge in [0.2, 0.25) is 0 Å². The van der Waals surface area contributed by atoms with Crippen LogP contribution in [0.4, 0.5) is 5.82 Å². The minimum atomic E-state index is 0.356. The molecule has 1 aliphatic heterocycles. The van der Waals surface area contributed by atoms with Gasteiger partial charge in [0, 0.05) is 23.8 Å². The van der Waals surface area contributed by atoms with Crippen molar-refractivity contribution in [1.82, 2.24) is 4.98 Å². The molecule has 0 aliphatic carbocycles. The number of rotatable bonds is 3. The Kier molecular flexibility index (Phi) is 3.59. The Morgan fingerprint density at radius 1 is 1.67 bits per heavy atom. The molecular formula is C11H15BrN2O. The van der Waals surface area contributed by atoms with Crippen LogP contribution < -0.4 is 5.32 Å². The summed E-state index contributed by atoms with van der Waals surface area (Å²) in [7, 11) is 0. The summed E-state index contributed by atoms with van der Waals surface area (Å²) in [6.45, 7) is 3.81. The van der Waals surface area contributed by atoms with Crippen LogP contribution in [0.25, 0.3) is 0 Å². The normalized spacial score (nSPS) is 20.5. The molecular weight excluding hydrogens is 256 g/mol. The monoisotopic (exact) mass is 270 g/mol. The number of nitrogens with one attached hydrogen (secondary N) is 1. The average Bonchev–Trinajstić information content (AvgIpc) is 2.69. The zero-order valence-electron chi connectivity index (χ0n) is 8.79. The lowest BCUT2D eigenvalue weighted by atomic mass is 10.2. The highest BCUT2D eigenvalue weighted by atomic mass is 79.9. The summed E-state index contributed by atoms with van der Waals surface area (Å²) in [5.41, 5.74) is 1.15. The van der Waals surface area contributed by atoms with E-state index in [-0.39, 0.29) is 0 Å². The van der Waals surface area contributed by atoms with Gasteiger partial charge in [-0.05, 0) is 47.3 Å². The van der Waals surface area contributed by atoms with Crippen LogP contribution in [0, 0.1) is 6.92 Å². The number of aryl methyl sites for hydroxylation is 1. The zero-order chi connectivity index (χ0) is 10.7. The maximum atomic E-state index is 5.54. The third-order valence-corrected chi connectivity index (χ3v) is 3.00. The van der Waals surface area contributed by atoms with E-state index in [4.69, 9.17) is 4.74 Å². The number of pyridine rings is 1. The molecule has 1 aromatic heterocycles. The summed E-state index contributed by atoms with van der Waals surface area (Å²) in [4.78, 5) is 4.33. The second-order valence-corrected chi connectivity index (χ2v) is 4.75. The SMILES string of the molecule is Cc1cc(Br)cnc1NCC1CCCO1. The van der Waals surface area contributed by atoms with Crippen LogP contribution in [-0.2, 0) is 4.74 Å². The van der Waals surface area contributed by atoms with Gasteiger partial charge in [0.1, 0.15) is 5.82 Å². The Hall–Kier alpha value is -0.610. The lowest BCUT2D eigenvalue weighted by molar-refractivity contribution is 0.120. The van der Waals surface area contributed by atoms with E-state index < -0.39 is 0 Å². The number of aromatic nitrogens is 1. The quantitative estimate of drug-likeness (QED) is 0.917. The first-order chi connectivity index (χ1) is 7.25. The fourth-order valence-electron chi connectivity index (χ4n) is 1.74. The first-order valence-electron chi connectivity index (χ1n) is 5.23. The van der Waals surface area contributed by atoms with Crippen LogP contribution >= 0.6 is 15.9 Å². The molecule has 1 aliphatic rings. The van der Waals surface area contributed by atoms with Crippen LogP contribution in [0.2, 0.25) is 0 Å². The smallest absolute Gasteiger partial charge is 0.129 e. The molecule has 0 radical (unpaired) electrons. The molecule has 1 atom stereocenters. The molecule has 1 saturated heterocycles. The molecule has 0 spiro atoms. The van der Waals surface area contributed by atoms with E-state index in [1.165, 1.54) is 6.42 Å². The molecule has 15 heavy (non-hydrogen) atoms. The molecule has 1 aromatic rings. The lowest BCUT2D eigenvalue weighted by Crippen LogP contribution is -2.19. The molecule has 4 heteroatoms. The highest BCUT2D eigenvalue weighted by molar-refractivity contribution is 9.10. The van der Waals surface area contributed by atoms with Crippen LogP contribution in [0.5, 0.6) is 0 Å². The van der Waals surface area contributed by atoms with Crippen LogP contribution in [0.1, 0.15) is 18.4 Å². The summed E-state index contributed by atoms with van der Waals surface area (Å²) < 4.78 is 6.56. The highest BCUT2D eigenvalue weighted by Gasteiger charge is 2.15. The van der Waals surface area contributed by atoms with Gasteiger partial charge in [0.25, 0.3) is 0 Å². The molecule has 82 valence electrons. The molecule has 3 nitrogen and oxygen atoms in total. The number of ether oxygens (including phenoxy) is 1. The van der Waals surface area contributed by atoms with Crippen LogP contribution in [-0.4, -0.2) is 24.2 Å². The average molecular weight is 271 g/mol. The Labute approximate surface area is 98.4 Å². The van der Waals surface area contributed by atoms with Gasteiger partial charge in [-0.1, -0.05) is 0 Å². The Bertz CT molecular complexity index is 337. The van der Waals surface area contributed by atoms with Crippen LogP contribution in [0.3, 0.4) is 0 Å². The minimum Gasteiger partial charge on any atom is -0.376 e. The standard InChI is InChI=1S/C11H15BrN2O/c1-8-5-9(12)6-13-11(8)14-7-10-3-2-4-15-10/h5-6,10H,2-4,7H2,1H3,(H,13,14). The van der Waals surface area contributed by atoms with E-state index in [1.54, 1.807) is 0 Å². The van der Waals surface area contributed by atoms with Crippen molar-refractivity contribution in [3.63, 3.8) is 0 Å². The van der Waals surface area contributed by atoms with E-state index in [9.17, 15) is 0 Å². The van der Waals surface area contributed by atoms with Gasteiger partial charge in [-0.15, -0.1) is 0 Å². The summed E-state index contributed by atoms with van der Waals surface area (Å²) in [6.07, 6.45) is 4.50. The maximum absolute atomic E-state index is 5.54. The predicted molar refractivity (Wildman–Crippen MR) is 64.1 cm³/mol. The second-order valence-electron chi connectivity index (χ2n) is 3.83. The van der Waals surface area contributed by atoms with Crippen molar-refractivity contribution in [3.8, 4) is 0 Å². The van der Waals surface area contributed by atoms with Gasteiger partial charge in [-0.3, -0.25) is 0 Å². The van der Waals surface area contributed by atoms with Gasteiger partial charge in [0.05, 0.1) is 6.10 Å². The van der Waals surface area contributed by atoms with Crippen molar-refractivity contribution in [2.45, 2.75) is 25.9 Å². The molecule has 1 fully saturated rings. The highest BCUT2D eigenvalue weighted by Crippen LogP contribution is 2.18. The third kappa shape index (κ3) is 2.92. The van der Waals surface area contributed by atoms with Crippen molar-refractivity contribution in [2.75, 3.05) is 18.5 Å². The van der Waals surface area contributed by atoms with Crippen molar-refractivity contribution in [1.29, 1.82) is 0 Å². The van der Waals surface area contributed by atoms with E-state index in [0.717, 1.165) is 35.4 Å². The van der Waals surface area contributed by atoms with Crippen LogP contribution in [0.15, 0.2) is 16.7 Å². The van der Waals surface area contributed by atoms with Crippen molar-refractivity contribution in [2.24, 2.45) is 0 Å². The summed E-state index contributed by atoms with van der Waals surface area (Å²) in [5.74, 6) is 0.953. The third-order valence-electron chi connectivity index (χ3n) is 2.57. The number of nitrogens with zero attached hydrogens (tertiary/aromatic N) is 1. The first kappa shape index (κ1) is 10.9. The number of halogens is 1. The largest absolute Gasteiger partial charge is 0.376 e. The van der Waals surface area contributed by atoms with E-state index in [2.05, 4.69) is 39.2 Å². The summed E-state index contributed by atoms with van der Waals surface area (Å²) >= 11 is 3.40. The van der Waals surface area contributed by atoms with Crippen molar-refractivity contribution >= 4 is 21.7 Å². The fraction of sp³-hybridized carbons (Fsp3) is 0.545. The topological polar surface area (TPSA) is 34.2 Å². The van der Waals surface area contributed by atoms with E-state index in [1.807, 2.05) is 6.20 Å². The Morgan fingerprint density at radius 3 is 3.20 bits per heavy atom. The zero-order valence-corrected chi connectivity index (χ0v) is 10.4. The Balaban J connectivity index is 1.92. The van der Waals surface area contributed by atoms with Gasteiger partial charge in [-0.25, -0.2) is 4.98 Å². The molecule has 0 saturated carbocycles. The van der Waals surface area contributed by atoms with Gasteiger partial charge >= 0.3 is 0 Å². The Morgan fingerprint density at radius 2 is 2.53 bits per heavy atom. The summed E-state index contributed by atoms with van der Waals surface area (Å²) in [5, 5.41) is 3.33. The molecule has 0 amide bonds. The van der Waals surface area contributed by atoms with Crippen molar-refractivity contribution in [3.05, 3.63) is 22.3 Å². The summed E-state index contributed by atoms with van der Waals surface area (Å²) in [6, 6.07) is 2.06. The van der Waals surface area contributed by atoms with Gasteiger partial charge in [-0.2, -0.15) is 0 Å². The maximum Gasteiger partial charge on any atom is 0.129 e. The number of hydrogen-bond acceptors (Lipinski definition) is 3. The second kappa shape index (κ2) is 4.94. The first-order valence-corrected chi connectivity index (χ1v) is 6.02. The molecule has 2 rings (SSSR count). The number of hydrogen-bond donors (Lipinski definition) is 1. The van der Waals surface area contributed by atoms with Crippen molar-refractivity contribution < 1.29 is 4.74 Å². The molecule has 0 bridgehead atoms. The van der Waals surface area contributed by atoms with E-state index >= 15 is 0 Å². The molecule has 1 unspecified atom stereocenters. The minimum absolute atomic E-state index is 0.356. The predicted octanol–water partition coefficient (Wildman–Crippen LogP) is 2.74. The van der Waals surface area contributed by atoms with E-state index in [0.29, 0.717) is 6.10 Å². The molecule has 1 N–H and O–H groups in total. The van der Waals surface area contributed by atoms with Gasteiger partial charge in [0.15, 0.2) is 0 Å². The molecule has 0 aromatic carbocycles.